The Morgan fingerprint density at radius 1 is 1.12 bits per heavy atom. The van der Waals surface area contributed by atoms with Crippen molar-refractivity contribution < 1.29 is 19.1 Å². The molecule has 34 heavy (non-hydrogen) atoms. The normalized spacial score (nSPS) is 17.1. The Bertz CT molecular complexity index is 920. The summed E-state index contributed by atoms with van der Waals surface area (Å²) in [5.74, 6) is -0.753. The summed E-state index contributed by atoms with van der Waals surface area (Å²) in [7, 11) is 5.52. The molecule has 1 aromatic carbocycles. The van der Waals surface area contributed by atoms with Crippen LogP contribution in [0.2, 0.25) is 0 Å². The van der Waals surface area contributed by atoms with Crippen molar-refractivity contribution in [2.45, 2.75) is 72.0 Å². The molecule has 0 bridgehead atoms. The fourth-order valence-corrected chi connectivity index (χ4v) is 4.38. The highest BCUT2D eigenvalue weighted by atomic mass is 16.5. The molecule has 0 saturated carbocycles. The smallest absolute Gasteiger partial charge is 0.333 e. The number of likely N-dealkylation sites (N-methyl/N-ethyl adjacent to an activating group) is 2. The maximum absolute atomic E-state index is 13.8. The Morgan fingerprint density at radius 3 is 2.09 bits per heavy atom. The van der Waals surface area contributed by atoms with Crippen LogP contribution in [-0.2, 0) is 32.0 Å². The van der Waals surface area contributed by atoms with Gasteiger partial charge in [-0.2, -0.15) is 0 Å². The average molecular weight is 472 g/mol. The number of esters is 1. The molecule has 2 amide bonds. The van der Waals surface area contributed by atoms with Crippen molar-refractivity contribution in [1.29, 1.82) is 0 Å². The minimum atomic E-state index is -0.752. The van der Waals surface area contributed by atoms with Crippen molar-refractivity contribution in [1.82, 2.24) is 15.1 Å². The summed E-state index contributed by atoms with van der Waals surface area (Å²) < 4.78 is 5.04. The standard InChI is InChI=1S/C27H41N3O4/c1-10-34-24(32)18(2)15-19(3)30(9)23(31)22(26(4,5)6)28-25(33)27(29(7)8)16-20-13-11-12-14-21(20)17-27/h11-15,19,22H,10,16-17H2,1-9H3,(H,28,33)/b18-15+. The van der Waals surface area contributed by atoms with Crippen molar-refractivity contribution >= 4 is 17.8 Å². The van der Waals surface area contributed by atoms with E-state index in [1.54, 1.807) is 31.9 Å². The lowest BCUT2D eigenvalue weighted by Gasteiger charge is -2.40. The number of hydrogen-bond donors (Lipinski definition) is 1. The third-order valence-electron chi connectivity index (χ3n) is 6.80. The van der Waals surface area contributed by atoms with Gasteiger partial charge in [0, 0.05) is 31.5 Å². The molecule has 1 aliphatic carbocycles. The summed E-state index contributed by atoms with van der Waals surface area (Å²) in [6, 6.07) is 7.03. The van der Waals surface area contributed by atoms with Crippen molar-refractivity contribution in [2.75, 3.05) is 27.7 Å². The Morgan fingerprint density at radius 2 is 1.65 bits per heavy atom. The van der Waals surface area contributed by atoms with Gasteiger partial charge in [-0.25, -0.2) is 4.79 Å². The monoisotopic (exact) mass is 471 g/mol. The maximum Gasteiger partial charge on any atom is 0.333 e. The van der Waals surface area contributed by atoms with Gasteiger partial charge >= 0.3 is 5.97 Å². The van der Waals surface area contributed by atoms with E-state index in [4.69, 9.17) is 4.74 Å². The Kier molecular flexibility index (Phi) is 8.70. The summed E-state index contributed by atoms with van der Waals surface area (Å²) in [5, 5.41) is 3.10. The van der Waals surface area contributed by atoms with Gasteiger partial charge in [0.05, 0.1) is 6.61 Å². The highest BCUT2D eigenvalue weighted by molar-refractivity contribution is 5.94. The molecule has 2 atom stereocenters. The van der Waals surface area contributed by atoms with Crippen LogP contribution in [0.25, 0.3) is 0 Å². The Labute approximate surface area is 204 Å². The molecule has 0 spiro atoms. The zero-order chi connectivity index (χ0) is 25.8. The van der Waals surface area contributed by atoms with Crippen LogP contribution in [0.5, 0.6) is 0 Å². The van der Waals surface area contributed by atoms with Gasteiger partial charge in [-0.05, 0) is 51.4 Å². The van der Waals surface area contributed by atoms with Crippen LogP contribution in [0.3, 0.4) is 0 Å². The zero-order valence-corrected chi connectivity index (χ0v) is 22.2. The van der Waals surface area contributed by atoms with E-state index in [0.717, 1.165) is 11.1 Å². The van der Waals surface area contributed by atoms with Crippen LogP contribution in [0, 0.1) is 5.41 Å². The first kappa shape index (κ1) is 27.6. The summed E-state index contributed by atoms with van der Waals surface area (Å²) in [5.41, 5.74) is 1.50. The molecule has 2 unspecified atom stereocenters. The molecule has 0 saturated heterocycles. The number of fused-ring (bicyclic) bond motifs is 1. The number of nitrogens with one attached hydrogen (secondary N) is 1. The minimum Gasteiger partial charge on any atom is -0.463 e. The highest BCUT2D eigenvalue weighted by Gasteiger charge is 2.48. The largest absolute Gasteiger partial charge is 0.463 e. The van der Waals surface area contributed by atoms with Crippen LogP contribution in [0.15, 0.2) is 35.9 Å². The molecule has 1 N–H and O–H groups in total. The Hall–Kier alpha value is -2.67. The van der Waals surface area contributed by atoms with Crippen molar-refractivity contribution in [2.24, 2.45) is 5.41 Å². The van der Waals surface area contributed by atoms with Gasteiger partial charge < -0.3 is 15.0 Å². The van der Waals surface area contributed by atoms with E-state index in [1.807, 2.05) is 58.8 Å². The molecule has 1 aliphatic rings. The highest BCUT2D eigenvalue weighted by Crippen LogP contribution is 2.34. The molecular weight excluding hydrogens is 430 g/mol. The van der Waals surface area contributed by atoms with Gasteiger partial charge in [0.25, 0.3) is 0 Å². The molecule has 7 nitrogen and oxygen atoms in total. The molecule has 0 radical (unpaired) electrons. The first-order valence-electron chi connectivity index (χ1n) is 11.9. The second-order valence-electron chi connectivity index (χ2n) is 10.6. The van der Waals surface area contributed by atoms with Gasteiger partial charge in [0.2, 0.25) is 11.8 Å². The lowest BCUT2D eigenvalue weighted by atomic mass is 9.84. The number of amides is 2. The van der Waals surface area contributed by atoms with Crippen LogP contribution >= 0.6 is 0 Å². The molecule has 7 heteroatoms. The fourth-order valence-electron chi connectivity index (χ4n) is 4.38. The predicted octanol–water partition coefficient (Wildman–Crippen LogP) is 2.97. The van der Waals surface area contributed by atoms with E-state index in [9.17, 15) is 14.4 Å². The molecule has 188 valence electrons. The Balaban J connectivity index is 2.27. The first-order chi connectivity index (χ1) is 15.7. The van der Waals surface area contributed by atoms with Gasteiger partial charge in [0.15, 0.2) is 0 Å². The van der Waals surface area contributed by atoms with Crippen molar-refractivity contribution in [3.63, 3.8) is 0 Å². The lowest BCUT2D eigenvalue weighted by molar-refractivity contribution is -0.142. The van der Waals surface area contributed by atoms with Crippen molar-refractivity contribution in [3.05, 3.63) is 47.0 Å². The number of carbonyl (C=O) groups is 3. The third kappa shape index (κ3) is 5.87. The number of benzene rings is 1. The molecular formula is C27H41N3O4. The number of carbonyl (C=O) groups excluding carboxylic acids is 3. The van der Waals surface area contributed by atoms with Crippen molar-refractivity contribution in [3.8, 4) is 0 Å². The number of ether oxygens (including phenoxy) is 1. The number of nitrogens with zero attached hydrogens (tertiary/aromatic N) is 2. The van der Waals surface area contributed by atoms with Gasteiger partial charge in [-0.3, -0.25) is 14.5 Å². The first-order valence-corrected chi connectivity index (χ1v) is 11.9. The predicted molar refractivity (Wildman–Crippen MR) is 134 cm³/mol. The zero-order valence-electron chi connectivity index (χ0n) is 22.2. The van der Waals surface area contributed by atoms with Crippen LogP contribution < -0.4 is 5.32 Å². The van der Waals surface area contributed by atoms with Gasteiger partial charge in [-0.1, -0.05) is 51.1 Å². The summed E-state index contributed by atoms with van der Waals surface area (Å²) >= 11 is 0. The third-order valence-corrected chi connectivity index (χ3v) is 6.80. The number of rotatable bonds is 8. The SMILES string of the molecule is CCOC(=O)/C(C)=C/C(C)N(C)C(=O)C(NC(=O)C1(N(C)C)Cc2ccccc2C1)C(C)(C)C. The minimum absolute atomic E-state index is 0.152. The van der Waals surface area contributed by atoms with E-state index in [1.165, 1.54) is 0 Å². The molecule has 2 rings (SSSR count). The molecule has 0 aliphatic heterocycles. The lowest BCUT2D eigenvalue weighted by Crippen LogP contribution is -2.63. The average Bonchev–Trinajstić information content (AvgIpc) is 3.16. The second-order valence-corrected chi connectivity index (χ2v) is 10.6. The molecule has 0 fully saturated rings. The van der Waals surface area contributed by atoms with Crippen LogP contribution in [-0.4, -0.2) is 73.0 Å². The van der Waals surface area contributed by atoms with E-state index >= 15 is 0 Å². The van der Waals surface area contributed by atoms with E-state index in [-0.39, 0.29) is 17.9 Å². The molecule has 0 aromatic heterocycles. The fraction of sp³-hybridized carbons (Fsp3) is 0.593. The molecule has 0 heterocycles. The van der Waals surface area contributed by atoms with E-state index < -0.39 is 23.0 Å². The van der Waals surface area contributed by atoms with Crippen LogP contribution in [0.4, 0.5) is 0 Å². The second kappa shape index (κ2) is 10.7. The summed E-state index contributed by atoms with van der Waals surface area (Å²) in [6.45, 7) is 11.4. The number of hydrogen-bond acceptors (Lipinski definition) is 5. The summed E-state index contributed by atoms with van der Waals surface area (Å²) in [6.07, 6.45) is 2.91. The quantitative estimate of drug-likeness (QED) is 0.466. The molecule has 1 aromatic rings. The van der Waals surface area contributed by atoms with E-state index in [2.05, 4.69) is 17.4 Å². The van der Waals surface area contributed by atoms with Gasteiger partial charge in [-0.15, -0.1) is 0 Å². The topological polar surface area (TPSA) is 79.0 Å². The van der Waals surface area contributed by atoms with E-state index in [0.29, 0.717) is 25.0 Å². The van der Waals surface area contributed by atoms with Crippen LogP contribution in [0.1, 0.15) is 52.7 Å². The summed E-state index contributed by atoms with van der Waals surface area (Å²) in [4.78, 5) is 42.9. The van der Waals surface area contributed by atoms with Gasteiger partial charge in [0.1, 0.15) is 11.6 Å². The maximum atomic E-state index is 13.8.